The first kappa shape index (κ1) is 18.7. The van der Waals surface area contributed by atoms with Gasteiger partial charge >= 0.3 is 0 Å². The minimum absolute atomic E-state index is 0. The highest BCUT2D eigenvalue weighted by molar-refractivity contribution is 5.94. The highest BCUT2D eigenvalue weighted by Gasteiger charge is 2.22. The van der Waals surface area contributed by atoms with Crippen molar-refractivity contribution in [3.8, 4) is 5.75 Å². The van der Waals surface area contributed by atoms with Gasteiger partial charge in [-0.05, 0) is 44.5 Å². The quantitative estimate of drug-likeness (QED) is 0.784. The van der Waals surface area contributed by atoms with Gasteiger partial charge in [0.25, 0.3) is 5.91 Å². The Bertz CT molecular complexity index is 470. The summed E-state index contributed by atoms with van der Waals surface area (Å²) in [5.74, 6) is 0.641. The molecule has 1 aromatic rings. The molecule has 0 spiro atoms. The van der Waals surface area contributed by atoms with E-state index in [0.29, 0.717) is 30.6 Å². The molecule has 22 heavy (non-hydrogen) atoms. The predicted molar refractivity (Wildman–Crippen MR) is 89.0 cm³/mol. The molecule has 2 atom stereocenters. The fourth-order valence-electron chi connectivity index (χ4n) is 2.46. The lowest BCUT2D eigenvalue weighted by Crippen LogP contribution is -2.51. The van der Waals surface area contributed by atoms with E-state index >= 15 is 0 Å². The molecule has 1 heterocycles. The number of hydrogen-bond acceptors (Lipinski definition) is 4. The van der Waals surface area contributed by atoms with Crippen molar-refractivity contribution in [2.45, 2.75) is 31.8 Å². The van der Waals surface area contributed by atoms with Crippen molar-refractivity contribution >= 4 is 18.3 Å². The minimum Gasteiger partial charge on any atom is -0.491 e. The van der Waals surface area contributed by atoms with Crippen LogP contribution in [0.3, 0.4) is 0 Å². The van der Waals surface area contributed by atoms with Crippen LogP contribution in [0, 0.1) is 0 Å². The molecule has 1 amide bonds. The van der Waals surface area contributed by atoms with E-state index in [1.54, 1.807) is 19.2 Å². The highest BCUT2D eigenvalue weighted by Crippen LogP contribution is 2.15. The maximum absolute atomic E-state index is 12.3. The highest BCUT2D eigenvalue weighted by atomic mass is 35.5. The van der Waals surface area contributed by atoms with E-state index in [-0.39, 0.29) is 24.4 Å². The summed E-state index contributed by atoms with van der Waals surface area (Å²) in [6.07, 6.45) is 2.11. The molecule has 0 aromatic heterocycles. The molecule has 1 fully saturated rings. The van der Waals surface area contributed by atoms with Crippen LogP contribution in [0.25, 0.3) is 0 Å². The number of rotatable bonds is 6. The number of carbonyl (C=O) groups excluding carboxylic acids is 1. The topological polar surface area (TPSA) is 59.6 Å². The summed E-state index contributed by atoms with van der Waals surface area (Å²) >= 11 is 0. The number of halogens is 1. The molecule has 1 aliphatic heterocycles. The van der Waals surface area contributed by atoms with Crippen LogP contribution < -0.4 is 15.4 Å². The van der Waals surface area contributed by atoms with Gasteiger partial charge in [-0.3, -0.25) is 4.79 Å². The van der Waals surface area contributed by atoms with Crippen LogP contribution in [0.2, 0.25) is 0 Å². The number of ether oxygens (including phenoxy) is 2. The molecule has 1 saturated heterocycles. The van der Waals surface area contributed by atoms with Gasteiger partial charge in [-0.25, -0.2) is 0 Å². The second-order valence-corrected chi connectivity index (χ2v) is 5.33. The van der Waals surface area contributed by atoms with Gasteiger partial charge in [-0.2, -0.15) is 0 Å². The number of methoxy groups -OCH3 is 1. The summed E-state index contributed by atoms with van der Waals surface area (Å²) in [6, 6.07) is 7.75. The van der Waals surface area contributed by atoms with E-state index in [1.807, 2.05) is 12.1 Å². The van der Waals surface area contributed by atoms with E-state index in [0.717, 1.165) is 19.4 Å². The normalized spacial score (nSPS) is 20.8. The Morgan fingerprint density at radius 1 is 1.41 bits per heavy atom. The lowest BCUT2D eigenvalue weighted by Gasteiger charge is -2.30. The van der Waals surface area contributed by atoms with E-state index in [1.165, 1.54) is 0 Å². The summed E-state index contributed by atoms with van der Waals surface area (Å²) in [7, 11) is 1.63. The minimum atomic E-state index is -0.0484. The average Bonchev–Trinajstić information content (AvgIpc) is 2.50. The first-order chi connectivity index (χ1) is 10.2. The van der Waals surface area contributed by atoms with Gasteiger partial charge in [0.1, 0.15) is 12.4 Å². The maximum atomic E-state index is 12.3. The molecule has 5 nitrogen and oxygen atoms in total. The SMILES string of the molecule is COCCOc1cccc(C(=O)NC2CCCNC2C)c1.Cl. The van der Waals surface area contributed by atoms with Crippen molar-refractivity contribution < 1.29 is 14.3 Å². The molecule has 2 rings (SSSR count). The number of benzene rings is 1. The fourth-order valence-corrected chi connectivity index (χ4v) is 2.46. The van der Waals surface area contributed by atoms with Crippen molar-refractivity contribution in [2.75, 3.05) is 26.9 Å². The summed E-state index contributed by atoms with van der Waals surface area (Å²) in [6.45, 7) is 4.14. The van der Waals surface area contributed by atoms with Gasteiger partial charge in [0.2, 0.25) is 0 Å². The number of piperidine rings is 1. The zero-order chi connectivity index (χ0) is 15.1. The maximum Gasteiger partial charge on any atom is 0.251 e. The Labute approximate surface area is 138 Å². The van der Waals surface area contributed by atoms with Gasteiger partial charge in [-0.15, -0.1) is 12.4 Å². The third-order valence-electron chi connectivity index (χ3n) is 3.73. The summed E-state index contributed by atoms with van der Waals surface area (Å²) in [5, 5.41) is 6.48. The van der Waals surface area contributed by atoms with E-state index in [9.17, 15) is 4.79 Å². The number of amides is 1. The first-order valence-electron chi connectivity index (χ1n) is 7.47. The summed E-state index contributed by atoms with van der Waals surface area (Å²) in [4.78, 5) is 12.3. The number of nitrogens with one attached hydrogen (secondary N) is 2. The average molecular weight is 329 g/mol. The molecule has 0 saturated carbocycles. The molecule has 0 bridgehead atoms. The van der Waals surface area contributed by atoms with Crippen molar-refractivity contribution in [3.05, 3.63) is 29.8 Å². The first-order valence-corrected chi connectivity index (χ1v) is 7.47. The summed E-state index contributed by atoms with van der Waals surface area (Å²) in [5.41, 5.74) is 0.627. The van der Waals surface area contributed by atoms with Crippen LogP contribution >= 0.6 is 12.4 Å². The monoisotopic (exact) mass is 328 g/mol. The Morgan fingerprint density at radius 3 is 2.95 bits per heavy atom. The van der Waals surface area contributed by atoms with Crippen molar-refractivity contribution in [1.29, 1.82) is 0 Å². The second-order valence-electron chi connectivity index (χ2n) is 5.33. The lowest BCUT2D eigenvalue weighted by molar-refractivity contribution is 0.0919. The molecule has 2 N–H and O–H groups in total. The smallest absolute Gasteiger partial charge is 0.251 e. The van der Waals surface area contributed by atoms with E-state index in [4.69, 9.17) is 9.47 Å². The predicted octanol–water partition coefficient (Wildman–Crippen LogP) is 2.00. The molecule has 0 aliphatic carbocycles. The second kappa shape index (κ2) is 9.66. The van der Waals surface area contributed by atoms with Gasteiger partial charge in [0, 0.05) is 24.8 Å². The van der Waals surface area contributed by atoms with Gasteiger partial charge < -0.3 is 20.1 Å². The Morgan fingerprint density at radius 2 is 2.23 bits per heavy atom. The van der Waals surface area contributed by atoms with Crippen molar-refractivity contribution in [2.24, 2.45) is 0 Å². The molecule has 0 radical (unpaired) electrons. The van der Waals surface area contributed by atoms with Crippen LogP contribution in [-0.2, 0) is 4.74 Å². The summed E-state index contributed by atoms with van der Waals surface area (Å²) < 4.78 is 10.5. The van der Waals surface area contributed by atoms with Crippen LogP contribution in [-0.4, -0.2) is 44.9 Å². The zero-order valence-electron chi connectivity index (χ0n) is 13.1. The van der Waals surface area contributed by atoms with Gasteiger partial charge in [0.05, 0.1) is 6.61 Å². The van der Waals surface area contributed by atoms with Crippen LogP contribution in [0.15, 0.2) is 24.3 Å². The van der Waals surface area contributed by atoms with Crippen LogP contribution in [0.5, 0.6) is 5.75 Å². The Hall–Kier alpha value is -1.30. The van der Waals surface area contributed by atoms with E-state index in [2.05, 4.69) is 17.6 Å². The van der Waals surface area contributed by atoms with Gasteiger partial charge in [-0.1, -0.05) is 6.07 Å². The van der Waals surface area contributed by atoms with Crippen LogP contribution in [0.4, 0.5) is 0 Å². The zero-order valence-corrected chi connectivity index (χ0v) is 13.9. The number of carbonyl (C=O) groups is 1. The Kier molecular flexibility index (Phi) is 8.24. The fraction of sp³-hybridized carbons (Fsp3) is 0.562. The van der Waals surface area contributed by atoms with Gasteiger partial charge in [0.15, 0.2) is 0 Å². The molecule has 6 heteroatoms. The number of hydrogen-bond donors (Lipinski definition) is 2. The molecule has 2 unspecified atom stereocenters. The third kappa shape index (κ3) is 5.48. The van der Waals surface area contributed by atoms with Crippen molar-refractivity contribution in [1.82, 2.24) is 10.6 Å². The molecule has 1 aliphatic rings. The van der Waals surface area contributed by atoms with Crippen LogP contribution in [0.1, 0.15) is 30.1 Å². The molecular weight excluding hydrogens is 304 g/mol. The lowest BCUT2D eigenvalue weighted by atomic mass is 9.99. The standard InChI is InChI=1S/C16H24N2O3.ClH/c1-12-15(7-4-8-17-12)18-16(19)13-5-3-6-14(11-13)21-10-9-20-2;/h3,5-6,11-12,15,17H,4,7-10H2,1-2H3,(H,18,19);1H. The van der Waals surface area contributed by atoms with Crippen molar-refractivity contribution in [3.63, 3.8) is 0 Å². The Balaban J connectivity index is 0.00000242. The largest absolute Gasteiger partial charge is 0.491 e. The molecular formula is C16H25ClN2O3. The third-order valence-corrected chi connectivity index (χ3v) is 3.73. The molecule has 1 aromatic carbocycles. The van der Waals surface area contributed by atoms with E-state index < -0.39 is 0 Å². The molecule has 124 valence electrons.